The Morgan fingerprint density at radius 1 is 1.24 bits per heavy atom. The molecule has 0 aliphatic rings. The van der Waals surface area contributed by atoms with Gasteiger partial charge in [0.2, 0.25) is 11.8 Å². The topological polar surface area (TPSA) is 82.6 Å². The van der Waals surface area contributed by atoms with E-state index < -0.39 is 10.9 Å². The Bertz CT molecular complexity index is 829. The number of nitro groups is 1. The summed E-state index contributed by atoms with van der Waals surface area (Å²) in [5.74, 6) is -0.396. The maximum absolute atomic E-state index is 13.2. The number of hydrogen-bond acceptors (Lipinski definition) is 5. The molecule has 0 bridgehead atoms. The highest BCUT2D eigenvalue weighted by atomic mass is 19.1. The van der Waals surface area contributed by atoms with Gasteiger partial charge in [-0.15, -0.1) is 5.10 Å². The number of nitrogens with zero attached hydrogens (tertiary/aromatic N) is 4. The van der Waals surface area contributed by atoms with E-state index in [1.165, 1.54) is 35.9 Å². The fourth-order valence-corrected chi connectivity index (χ4v) is 2.00. The lowest BCUT2D eigenvalue weighted by Gasteiger charge is -2.02. The van der Waals surface area contributed by atoms with Gasteiger partial charge >= 0.3 is 0 Å². The van der Waals surface area contributed by atoms with Gasteiger partial charge in [-0.05, 0) is 24.3 Å². The van der Waals surface area contributed by atoms with Crippen LogP contribution in [0.3, 0.4) is 0 Å². The maximum atomic E-state index is 13.2. The predicted octanol–water partition coefficient (Wildman–Crippen LogP) is 2.45. The van der Waals surface area contributed by atoms with Crippen LogP contribution < -0.4 is 4.74 Å². The van der Waals surface area contributed by atoms with Crippen LogP contribution in [-0.2, 0) is 0 Å². The molecule has 1 aromatic carbocycles. The van der Waals surface area contributed by atoms with Crippen molar-refractivity contribution in [3.8, 4) is 17.1 Å². The Balaban J connectivity index is 2.17. The van der Waals surface area contributed by atoms with Crippen molar-refractivity contribution in [2.24, 2.45) is 0 Å². The smallest absolute Gasteiger partial charge is 0.269 e. The fraction of sp³-hybridized carbons (Fsp3) is 0.0769. The number of rotatable bonds is 3. The van der Waals surface area contributed by atoms with Crippen LogP contribution in [0.15, 0.2) is 36.4 Å². The van der Waals surface area contributed by atoms with Crippen LogP contribution in [0, 0.1) is 16.1 Å². The number of ether oxygens (including phenoxy) is 1. The van der Waals surface area contributed by atoms with Gasteiger partial charge in [0.15, 0.2) is 5.65 Å². The van der Waals surface area contributed by atoms with Crippen molar-refractivity contribution in [3.63, 3.8) is 0 Å². The van der Waals surface area contributed by atoms with E-state index in [-0.39, 0.29) is 11.6 Å². The average Bonchev–Trinajstić information content (AvgIpc) is 2.85. The third kappa shape index (κ3) is 2.16. The second-order valence-electron chi connectivity index (χ2n) is 4.20. The summed E-state index contributed by atoms with van der Waals surface area (Å²) in [5, 5.41) is 14.4. The van der Waals surface area contributed by atoms with E-state index in [0.29, 0.717) is 16.9 Å². The molecule has 0 unspecified atom stereocenters. The Morgan fingerprint density at radius 3 is 2.57 bits per heavy atom. The minimum atomic E-state index is -0.659. The molecule has 0 amide bonds. The molecule has 0 saturated carbocycles. The highest BCUT2D eigenvalue weighted by Gasteiger charge is 2.17. The molecule has 7 nitrogen and oxygen atoms in total. The first kappa shape index (κ1) is 13.0. The molecule has 2 heterocycles. The van der Waals surface area contributed by atoms with Crippen LogP contribution in [0.25, 0.3) is 16.9 Å². The Kier molecular flexibility index (Phi) is 2.98. The number of aromatic nitrogens is 3. The van der Waals surface area contributed by atoms with E-state index in [2.05, 4.69) is 10.1 Å². The van der Waals surface area contributed by atoms with E-state index in [9.17, 15) is 14.5 Å². The van der Waals surface area contributed by atoms with Crippen LogP contribution >= 0.6 is 0 Å². The van der Waals surface area contributed by atoms with E-state index >= 15 is 0 Å². The monoisotopic (exact) mass is 288 g/mol. The standard InChI is InChI=1S/C13H9FN4O3/c1-21-13-12(8-2-4-9(5-3-8)18(19)20)15-11-7-6-10(14)16-17(11)13/h2-7H,1H3. The Morgan fingerprint density at radius 2 is 1.95 bits per heavy atom. The predicted molar refractivity (Wildman–Crippen MR) is 71.6 cm³/mol. The van der Waals surface area contributed by atoms with Gasteiger partial charge in [-0.2, -0.15) is 8.91 Å². The van der Waals surface area contributed by atoms with Gasteiger partial charge in [0, 0.05) is 17.7 Å². The zero-order valence-corrected chi connectivity index (χ0v) is 10.9. The maximum Gasteiger partial charge on any atom is 0.269 e. The average molecular weight is 288 g/mol. The highest BCUT2D eigenvalue weighted by molar-refractivity contribution is 5.69. The number of benzene rings is 1. The van der Waals surface area contributed by atoms with Gasteiger partial charge in [-0.25, -0.2) is 4.98 Å². The van der Waals surface area contributed by atoms with Crippen molar-refractivity contribution in [1.82, 2.24) is 14.6 Å². The normalized spacial score (nSPS) is 10.8. The van der Waals surface area contributed by atoms with Crippen LogP contribution in [-0.4, -0.2) is 26.6 Å². The van der Waals surface area contributed by atoms with E-state index in [0.717, 1.165) is 0 Å². The molecule has 21 heavy (non-hydrogen) atoms. The first-order valence-corrected chi connectivity index (χ1v) is 5.94. The molecule has 3 rings (SSSR count). The van der Waals surface area contributed by atoms with Crippen LogP contribution in [0.5, 0.6) is 5.88 Å². The zero-order chi connectivity index (χ0) is 15.0. The molecule has 0 saturated heterocycles. The fourth-order valence-electron chi connectivity index (χ4n) is 2.00. The molecular formula is C13H9FN4O3. The molecule has 8 heteroatoms. The summed E-state index contributed by atoms with van der Waals surface area (Å²) < 4.78 is 19.7. The number of halogens is 1. The first-order chi connectivity index (χ1) is 10.1. The van der Waals surface area contributed by atoms with Gasteiger partial charge < -0.3 is 4.74 Å². The number of nitro benzene ring substituents is 1. The minimum absolute atomic E-state index is 0.0225. The summed E-state index contributed by atoms with van der Waals surface area (Å²) in [6, 6.07) is 8.51. The quantitative estimate of drug-likeness (QED) is 0.546. The molecule has 3 aromatic rings. The van der Waals surface area contributed by atoms with Crippen LogP contribution in [0.1, 0.15) is 0 Å². The molecule has 0 N–H and O–H groups in total. The third-order valence-electron chi connectivity index (χ3n) is 2.95. The lowest BCUT2D eigenvalue weighted by molar-refractivity contribution is -0.384. The van der Waals surface area contributed by atoms with Crippen molar-refractivity contribution >= 4 is 11.3 Å². The molecule has 0 fully saturated rings. The number of methoxy groups -OCH3 is 1. The third-order valence-corrected chi connectivity index (χ3v) is 2.95. The molecule has 0 radical (unpaired) electrons. The SMILES string of the molecule is COc1c(-c2ccc([N+](=O)[O-])cc2)nc2ccc(F)nn12. The Hall–Kier alpha value is -3.03. The second kappa shape index (κ2) is 4.82. The summed E-state index contributed by atoms with van der Waals surface area (Å²) in [6.07, 6.45) is 0. The van der Waals surface area contributed by atoms with Crippen molar-refractivity contribution in [2.75, 3.05) is 7.11 Å². The molecule has 0 aliphatic carbocycles. The summed E-state index contributed by atoms with van der Waals surface area (Å²) in [7, 11) is 1.42. The van der Waals surface area contributed by atoms with Gasteiger partial charge in [-0.1, -0.05) is 0 Å². The molecule has 0 atom stereocenters. The summed E-state index contributed by atoms with van der Waals surface area (Å²) in [6.45, 7) is 0. The molecule has 0 spiro atoms. The summed E-state index contributed by atoms with van der Waals surface area (Å²) in [4.78, 5) is 14.5. The van der Waals surface area contributed by atoms with Crippen molar-refractivity contribution in [2.45, 2.75) is 0 Å². The number of fused-ring (bicyclic) bond motifs is 1. The first-order valence-electron chi connectivity index (χ1n) is 5.94. The zero-order valence-electron chi connectivity index (χ0n) is 10.9. The lowest BCUT2D eigenvalue weighted by Crippen LogP contribution is -1.98. The van der Waals surface area contributed by atoms with Crippen LogP contribution in [0.4, 0.5) is 10.1 Å². The minimum Gasteiger partial charge on any atom is -0.479 e. The van der Waals surface area contributed by atoms with E-state index in [1.807, 2.05) is 0 Å². The van der Waals surface area contributed by atoms with Gasteiger partial charge in [0.1, 0.15) is 5.69 Å². The van der Waals surface area contributed by atoms with Gasteiger partial charge in [0.25, 0.3) is 5.69 Å². The Labute approximate surface area is 117 Å². The van der Waals surface area contributed by atoms with Crippen LogP contribution in [0.2, 0.25) is 0 Å². The number of non-ortho nitro benzene ring substituents is 1. The van der Waals surface area contributed by atoms with Gasteiger partial charge in [0.05, 0.1) is 12.0 Å². The molecule has 0 aliphatic heterocycles. The highest BCUT2D eigenvalue weighted by Crippen LogP contribution is 2.30. The summed E-state index contributed by atoms with van der Waals surface area (Å²) in [5.41, 5.74) is 1.45. The van der Waals surface area contributed by atoms with Gasteiger partial charge in [-0.3, -0.25) is 10.1 Å². The van der Waals surface area contributed by atoms with Crippen molar-refractivity contribution in [1.29, 1.82) is 0 Å². The van der Waals surface area contributed by atoms with E-state index in [1.54, 1.807) is 12.1 Å². The molecule has 106 valence electrons. The summed E-state index contributed by atoms with van der Waals surface area (Å²) >= 11 is 0. The molecular weight excluding hydrogens is 279 g/mol. The lowest BCUT2D eigenvalue weighted by atomic mass is 10.1. The largest absolute Gasteiger partial charge is 0.479 e. The second-order valence-corrected chi connectivity index (χ2v) is 4.20. The number of hydrogen-bond donors (Lipinski definition) is 0. The van der Waals surface area contributed by atoms with E-state index in [4.69, 9.17) is 4.74 Å². The molecule has 2 aromatic heterocycles. The number of imidazole rings is 1. The van der Waals surface area contributed by atoms with Crippen molar-refractivity contribution < 1.29 is 14.1 Å². The van der Waals surface area contributed by atoms with Crippen molar-refractivity contribution in [3.05, 3.63) is 52.5 Å².